The fraction of sp³-hybridized carbons (Fsp3) is 0.375. The average Bonchev–Trinajstić information content (AvgIpc) is 2.93. The normalized spacial score (nSPS) is 15.5. The summed E-state index contributed by atoms with van der Waals surface area (Å²) < 4.78 is 16.2. The smallest absolute Gasteiger partial charge is 0.341 e. The first-order valence-corrected chi connectivity index (χ1v) is 7.52. The summed E-state index contributed by atoms with van der Waals surface area (Å²) in [6.45, 7) is 3.89. The summed E-state index contributed by atoms with van der Waals surface area (Å²) in [6.07, 6.45) is 2.26. The summed E-state index contributed by atoms with van der Waals surface area (Å²) >= 11 is 0. The molecule has 2 aromatic rings. The van der Waals surface area contributed by atoms with Crippen molar-refractivity contribution in [2.45, 2.75) is 19.9 Å². The van der Waals surface area contributed by atoms with Gasteiger partial charge >= 0.3 is 5.97 Å². The number of carboxylic acid groups (broad SMARTS) is 1. The molecule has 0 amide bonds. The maximum Gasteiger partial charge on any atom is 0.341 e. The molecule has 0 radical (unpaired) electrons. The summed E-state index contributed by atoms with van der Waals surface area (Å²) in [4.78, 5) is 23.5. The van der Waals surface area contributed by atoms with Crippen LogP contribution in [0.5, 0.6) is 0 Å². The summed E-state index contributed by atoms with van der Waals surface area (Å²) in [5, 5.41) is 13.0. The average molecular weight is 319 g/mol. The molecular weight excluding hydrogens is 301 g/mol. The molecule has 1 aromatic heterocycles. The van der Waals surface area contributed by atoms with Crippen molar-refractivity contribution in [3.05, 3.63) is 39.9 Å². The lowest BCUT2D eigenvalue weighted by Gasteiger charge is -2.27. The highest BCUT2D eigenvalue weighted by Crippen LogP contribution is 2.28. The van der Waals surface area contributed by atoms with E-state index in [0.717, 1.165) is 19.0 Å². The Morgan fingerprint density at radius 3 is 2.65 bits per heavy atom. The second kappa shape index (κ2) is 5.66. The molecule has 1 aliphatic heterocycles. The number of aromatic nitrogens is 1. The highest BCUT2D eigenvalue weighted by molar-refractivity contribution is 5.93. The molecule has 23 heavy (non-hydrogen) atoms. The quantitative estimate of drug-likeness (QED) is 0.936. The first kappa shape index (κ1) is 15.5. The van der Waals surface area contributed by atoms with Crippen LogP contribution in [0.4, 0.5) is 10.1 Å². The lowest BCUT2D eigenvalue weighted by molar-refractivity contribution is 0.0695. The maximum absolute atomic E-state index is 14.5. The minimum absolute atomic E-state index is 0.0925. The van der Waals surface area contributed by atoms with Crippen LogP contribution in [0.2, 0.25) is 0 Å². The van der Waals surface area contributed by atoms with Gasteiger partial charge in [-0.3, -0.25) is 4.79 Å². The molecule has 1 saturated heterocycles. The Bertz CT molecular complexity index is 847. The number of aryl methyl sites for hydroxylation is 1. The highest BCUT2D eigenvalue weighted by atomic mass is 19.1. The molecule has 2 heterocycles. The van der Waals surface area contributed by atoms with Crippen LogP contribution in [-0.2, 0) is 6.54 Å². The van der Waals surface area contributed by atoms with Crippen LogP contribution in [0.15, 0.2) is 23.1 Å². The Hall–Kier alpha value is -2.41. The van der Waals surface area contributed by atoms with Gasteiger partial charge in [0, 0.05) is 38.3 Å². The number of hydrogen-bond acceptors (Lipinski definition) is 4. The van der Waals surface area contributed by atoms with Crippen LogP contribution in [0.25, 0.3) is 10.9 Å². The third kappa shape index (κ3) is 2.46. The number of pyridine rings is 1. The van der Waals surface area contributed by atoms with E-state index in [4.69, 9.17) is 5.11 Å². The number of hydrogen-bond donors (Lipinski definition) is 1. The molecule has 122 valence electrons. The van der Waals surface area contributed by atoms with E-state index in [1.165, 1.54) is 6.20 Å². The van der Waals surface area contributed by atoms with Gasteiger partial charge in [-0.1, -0.05) is 0 Å². The van der Waals surface area contributed by atoms with Crippen molar-refractivity contribution in [2.24, 2.45) is 0 Å². The van der Waals surface area contributed by atoms with E-state index >= 15 is 0 Å². The van der Waals surface area contributed by atoms with Gasteiger partial charge in [0.25, 0.3) is 0 Å². The standard InChI is InChI=1S/C16H18FN3O3/c1-3-19-9-11(16(22)23)15(21)10-7-12(17)14(8-13(10)19)20-6-4-5-18(20)2/h7-9H,3-6H2,1-2H3,(H,22,23). The monoisotopic (exact) mass is 319 g/mol. The van der Waals surface area contributed by atoms with Gasteiger partial charge in [0.2, 0.25) is 5.43 Å². The number of fused-ring (bicyclic) bond motifs is 1. The summed E-state index contributed by atoms with van der Waals surface area (Å²) in [7, 11) is 1.89. The molecule has 1 fully saturated rings. The minimum Gasteiger partial charge on any atom is -0.477 e. The lowest BCUT2D eigenvalue weighted by Crippen LogP contribution is -2.33. The van der Waals surface area contributed by atoms with Gasteiger partial charge in [-0.2, -0.15) is 0 Å². The molecule has 0 atom stereocenters. The lowest BCUT2D eigenvalue weighted by atomic mass is 10.1. The van der Waals surface area contributed by atoms with Gasteiger partial charge in [0.1, 0.15) is 11.4 Å². The van der Waals surface area contributed by atoms with Gasteiger partial charge in [-0.25, -0.2) is 14.2 Å². The summed E-state index contributed by atoms with van der Waals surface area (Å²) in [5.41, 5.74) is -0.0522. The zero-order chi connectivity index (χ0) is 16.7. The number of anilines is 1. The number of hydrazine groups is 1. The molecule has 0 saturated carbocycles. The number of aromatic carboxylic acids is 1. The molecule has 3 rings (SSSR count). The largest absolute Gasteiger partial charge is 0.477 e. The Balaban J connectivity index is 2.29. The van der Waals surface area contributed by atoms with Gasteiger partial charge in [0.05, 0.1) is 11.2 Å². The SMILES string of the molecule is CCn1cc(C(=O)O)c(=O)c2cc(F)c(N3CCCN3C)cc21. The van der Waals surface area contributed by atoms with Gasteiger partial charge in [0.15, 0.2) is 0 Å². The van der Waals surface area contributed by atoms with E-state index in [0.29, 0.717) is 24.3 Å². The Kier molecular flexibility index (Phi) is 3.81. The Morgan fingerprint density at radius 1 is 1.35 bits per heavy atom. The van der Waals surface area contributed by atoms with Gasteiger partial charge in [-0.15, -0.1) is 0 Å². The van der Waals surface area contributed by atoms with Crippen LogP contribution in [0.3, 0.4) is 0 Å². The third-order valence-corrected chi connectivity index (χ3v) is 4.26. The van der Waals surface area contributed by atoms with Crippen LogP contribution < -0.4 is 10.4 Å². The molecule has 0 bridgehead atoms. The number of rotatable bonds is 3. The zero-order valence-electron chi connectivity index (χ0n) is 13.0. The molecule has 0 spiro atoms. The first-order valence-electron chi connectivity index (χ1n) is 7.52. The maximum atomic E-state index is 14.5. The molecule has 1 aromatic carbocycles. The van der Waals surface area contributed by atoms with Crippen LogP contribution in [0.1, 0.15) is 23.7 Å². The number of nitrogens with zero attached hydrogens (tertiary/aromatic N) is 3. The van der Waals surface area contributed by atoms with Crippen molar-refractivity contribution in [3.63, 3.8) is 0 Å². The predicted molar refractivity (Wildman–Crippen MR) is 85.4 cm³/mol. The number of carboxylic acids is 1. The fourth-order valence-corrected chi connectivity index (χ4v) is 3.06. The minimum atomic E-state index is -1.30. The second-order valence-corrected chi connectivity index (χ2v) is 5.64. The molecule has 1 aliphatic rings. The van der Waals surface area contributed by atoms with Gasteiger partial charge < -0.3 is 14.7 Å². The van der Waals surface area contributed by atoms with E-state index in [-0.39, 0.29) is 10.9 Å². The molecule has 0 unspecified atom stereocenters. The number of benzene rings is 1. The molecular formula is C16H18FN3O3. The van der Waals surface area contributed by atoms with Crippen molar-refractivity contribution in [2.75, 3.05) is 25.1 Å². The van der Waals surface area contributed by atoms with E-state index in [9.17, 15) is 14.0 Å². The summed E-state index contributed by atoms with van der Waals surface area (Å²) in [6, 6.07) is 2.78. The number of carbonyl (C=O) groups is 1. The highest BCUT2D eigenvalue weighted by Gasteiger charge is 2.23. The topological polar surface area (TPSA) is 65.8 Å². The Morgan fingerprint density at radius 2 is 2.09 bits per heavy atom. The second-order valence-electron chi connectivity index (χ2n) is 5.64. The molecule has 1 N–H and O–H groups in total. The fourth-order valence-electron chi connectivity index (χ4n) is 3.06. The van der Waals surface area contributed by atoms with Crippen molar-refractivity contribution < 1.29 is 14.3 Å². The van der Waals surface area contributed by atoms with E-state index in [2.05, 4.69) is 0 Å². The van der Waals surface area contributed by atoms with Crippen LogP contribution in [0, 0.1) is 5.82 Å². The number of halogens is 1. The van der Waals surface area contributed by atoms with E-state index < -0.39 is 17.2 Å². The van der Waals surface area contributed by atoms with Crippen molar-refractivity contribution in [3.8, 4) is 0 Å². The first-order chi connectivity index (χ1) is 10.9. The van der Waals surface area contributed by atoms with Crippen molar-refractivity contribution >= 4 is 22.6 Å². The zero-order valence-corrected chi connectivity index (χ0v) is 13.0. The third-order valence-electron chi connectivity index (χ3n) is 4.26. The van der Waals surface area contributed by atoms with Crippen molar-refractivity contribution in [1.82, 2.24) is 9.58 Å². The predicted octanol–water partition coefficient (Wildman–Crippen LogP) is 1.92. The van der Waals surface area contributed by atoms with Crippen LogP contribution in [-0.4, -0.2) is 40.8 Å². The van der Waals surface area contributed by atoms with Gasteiger partial charge in [-0.05, 0) is 25.5 Å². The van der Waals surface area contributed by atoms with Crippen molar-refractivity contribution in [1.29, 1.82) is 0 Å². The summed E-state index contributed by atoms with van der Waals surface area (Å²) in [5.74, 6) is -1.82. The van der Waals surface area contributed by atoms with E-state index in [1.54, 1.807) is 10.6 Å². The van der Waals surface area contributed by atoms with Crippen LogP contribution >= 0.6 is 0 Å². The Labute approximate surface area is 132 Å². The van der Waals surface area contributed by atoms with E-state index in [1.807, 2.05) is 24.0 Å². The molecule has 6 nitrogen and oxygen atoms in total. The molecule has 0 aliphatic carbocycles. The molecule has 7 heteroatoms.